The summed E-state index contributed by atoms with van der Waals surface area (Å²) in [5, 5.41) is 7.87. The summed E-state index contributed by atoms with van der Waals surface area (Å²) in [4.78, 5) is 19.8. The fourth-order valence-corrected chi connectivity index (χ4v) is 0.676. The summed E-state index contributed by atoms with van der Waals surface area (Å²) in [6, 6.07) is 0. The molecule has 0 aliphatic carbocycles. The molecule has 0 radical (unpaired) electrons. The van der Waals surface area contributed by atoms with Crippen molar-refractivity contribution in [1.29, 1.82) is 0 Å². The van der Waals surface area contributed by atoms with Crippen molar-refractivity contribution in [1.82, 2.24) is 0 Å². The molecule has 0 bridgehead atoms. The SMILES string of the molecule is CCOP(=O)([O-])C(=O)O.[Na+].[Na+]. The summed E-state index contributed by atoms with van der Waals surface area (Å²) in [6.45, 7) is 1.25. The smallest absolute Gasteiger partial charge is 0.770 e. The number of carbonyl (C=O) groups is 1. The fraction of sp³-hybridized carbons (Fsp3) is 0.667. The Morgan fingerprint density at radius 3 is 2.09 bits per heavy atom. The number of hydrogen-bond acceptors (Lipinski definition) is 4. The second kappa shape index (κ2) is 8.23. The maximum absolute atomic E-state index is 10.1. The van der Waals surface area contributed by atoms with E-state index in [1.807, 2.05) is 0 Å². The van der Waals surface area contributed by atoms with E-state index in [-0.39, 0.29) is 65.7 Å². The van der Waals surface area contributed by atoms with Crippen LogP contribution < -0.4 is 64.0 Å². The minimum atomic E-state index is -4.60. The van der Waals surface area contributed by atoms with Crippen molar-refractivity contribution >= 4 is 13.3 Å². The maximum Gasteiger partial charge on any atom is 1.00 e. The van der Waals surface area contributed by atoms with Gasteiger partial charge in [-0.15, -0.1) is 0 Å². The minimum Gasteiger partial charge on any atom is -0.770 e. The Labute approximate surface area is 109 Å². The first-order chi connectivity index (χ1) is 4.00. The van der Waals surface area contributed by atoms with E-state index in [1.165, 1.54) is 6.92 Å². The van der Waals surface area contributed by atoms with Gasteiger partial charge in [-0.25, -0.2) is 4.79 Å². The van der Waals surface area contributed by atoms with Crippen LogP contribution in [-0.4, -0.2) is 17.4 Å². The first-order valence-corrected chi connectivity index (χ1v) is 3.74. The van der Waals surface area contributed by atoms with E-state index in [0.717, 1.165) is 0 Å². The van der Waals surface area contributed by atoms with Crippen LogP contribution in [0.1, 0.15) is 6.92 Å². The molecule has 8 heteroatoms. The molecule has 0 amide bonds. The molecule has 1 atom stereocenters. The van der Waals surface area contributed by atoms with Gasteiger partial charge in [-0.2, -0.15) is 0 Å². The summed E-state index contributed by atoms with van der Waals surface area (Å²) in [6.07, 6.45) is 0. The topological polar surface area (TPSA) is 86.7 Å². The van der Waals surface area contributed by atoms with Gasteiger partial charge in [0.2, 0.25) is 7.60 Å². The molecule has 0 spiro atoms. The van der Waals surface area contributed by atoms with Crippen LogP contribution in [0.4, 0.5) is 4.79 Å². The first kappa shape index (κ1) is 18.4. The van der Waals surface area contributed by atoms with E-state index in [1.54, 1.807) is 0 Å². The zero-order valence-corrected chi connectivity index (χ0v) is 11.6. The summed E-state index contributed by atoms with van der Waals surface area (Å²) >= 11 is 0. The molecule has 0 fully saturated rings. The van der Waals surface area contributed by atoms with Gasteiger partial charge in [0.15, 0.2) is 0 Å². The Morgan fingerprint density at radius 1 is 1.64 bits per heavy atom. The number of carboxylic acid groups (broad SMARTS) is 1. The second-order valence-corrected chi connectivity index (χ2v) is 2.83. The van der Waals surface area contributed by atoms with Crippen molar-refractivity contribution in [2.75, 3.05) is 6.61 Å². The van der Waals surface area contributed by atoms with Crippen LogP contribution >= 0.6 is 7.60 Å². The van der Waals surface area contributed by atoms with Crippen LogP contribution in [0, 0.1) is 0 Å². The Morgan fingerprint density at radius 2 is 2.00 bits per heavy atom. The molecule has 5 nitrogen and oxygen atoms in total. The van der Waals surface area contributed by atoms with Crippen molar-refractivity contribution < 1.29 is 83.0 Å². The molecule has 11 heavy (non-hydrogen) atoms. The van der Waals surface area contributed by atoms with E-state index in [2.05, 4.69) is 4.52 Å². The average Bonchev–Trinajstić information content (AvgIpc) is 1.65. The van der Waals surface area contributed by atoms with Crippen molar-refractivity contribution in [2.24, 2.45) is 0 Å². The normalized spacial score (nSPS) is 13.6. The first-order valence-electron chi connectivity index (χ1n) is 2.19. The Kier molecular flexibility index (Phi) is 13.8. The van der Waals surface area contributed by atoms with Gasteiger partial charge >= 0.3 is 64.8 Å². The molecule has 54 valence electrons. The van der Waals surface area contributed by atoms with Gasteiger partial charge in [-0.1, -0.05) is 0 Å². The predicted molar refractivity (Wildman–Crippen MR) is 27.3 cm³/mol. The minimum absolute atomic E-state index is 0. The molecule has 0 aromatic carbocycles. The van der Waals surface area contributed by atoms with Gasteiger partial charge in [0.25, 0.3) is 0 Å². The monoisotopic (exact) mass is 199 g/mol. The van der Waals surface area contributed by atoms with Crippen LogP contribution in [0.15, 0.2) is 0 Å². The van der Waals surface area contributed by atoms with Crippen molar-refractivity contribution in [3.63, 3.8) is 0 Å². The van der Waals surface area contributed by atoms with E-state index >= 15 is 0 Å². The van der Waals surface area contributed by atoms with Crippen molar-refractivity contribution in [3.8, 4) is 0 Å². The molecule has 0 aromatic heterocycles. The molecule has 0 aromatic rings. The molecule has 0 aliphatic rings. The Hall–Kier alpha value is 1.62. The van der Waals surface area contributed by atoms with Gasteiger partial charge in [0, 0.05) is 0 Å². The molecule has 0 saturated heterocycles. The summed E-state index contributed by atoms with van der Waals surface area (Å²) < 4.78 is 14.0. The van der Waals surface area contributed by atoms with E-state index in [9.17, 15) is 14.3 Å². The van der Waals surface area contributed by atoms with Crippen LogP contribution in [0.2, 0.25) is 0 Å². The largest absolute Gasteiger partial charge is 1.00 e. The van der Waals surface area contributed by atoms with Gasteiger partial charge in [-0.3, -0.25) is 4.57 Å². The van der Waals surface area contributed by atoms with E-state index in [4.69, 9.17) is 5.11 Å². The van der Waals surface area contributed by atoms with E-state index in [0.29, 0.717) is 0 Å². The van der Waals surface area contributed by atoms with Gasteiger partial charge in [0.05, 0.1) is 6.61 Å². The van der Waals surface area contributed by atoms with Crippen LogP contribution in [0.3, 0.4) is 0 Å². The average molecular weight is 199 g/mol. The molecule has 0 rings (SSSR count). The molecule has 1 N–H and O–H groups in total. The van der Waals surface area contributed by atoms with Crippen LogP contribution in [0.5, 0.6) is 0 Å². The third kappa shape index (κ3) is 7.96. The van der Waals surface area contributed by atoms with Crippen LogP contribution in [0.25, 0.3) is 0 Å². The third-order valence-corrected chi connectivity index (χ3v) is 1.60. The second-order valence-electron chi connectivity index (χ2n) is 1.20. The predicted octanol–water partition coefficient (Wildman–Crippen LogP) is -5.74. The molecular weight excluding hydrogens is 193 g/mol. The van der Waals surface area contributed by atoms with Crippen LogP contribution in [-0.2, 0) is 9.09 Å². The Balaban J connectivity index is -0.000000320. The molecule has 0 saturated carbocycles. The van der Waals surface area contributed by atoms with Gasteiger partial charge < -0.3 is 14.5 Å². The molecule has 1 unspecified atom stereocenters. The molecule has 0 heterocycles. The number of rotatable bonds is 3. The molecule has 0 aliphatic heterocycles. The quantitative estimate of drug-likeness (QED) is 0.361. The number of hydrogen-bond donors (Lipinski definition) is 1. The van der Waals surface area contributed by atoms with Crippen molar-refractivity contribution in [2.45, 2.75) is 6.92 Å². The summed E-state index contributed by atoms with van der Waals surface area (Å²) in [5.74, 6) is 0. The summed E-state index contributed by atoms with van der Waals surface area (Å²) in [5.41, 5.74) is -1.93. The van der Waals surface area contributed by atoms with Gasteiger partial charge in [0.1, 0.15) is 0 Å². The zero-order chi connectivity index (χ0) is 7.49. The third-order valence-electron chi connectivity index (χ3n) is 0.533. The van der Waals surface area contributed by atoms with E-state index < -0.39 is 13.3 Å². The molecular formula is C3H6Na2O5P+. The Bertz CT molecular complexity index is 160. The zero-order valence-electron chi connectivity index (χ0n) is 6.73. The van der Waals surface area contributed by atoms with Gasteiger partial charge in [-0.05, 0) is 6.92 Å². The summed E-state index contributed by atoms with van der Waals surface area (Å²) in [7, 11) is -4.60. The standard InChI is InChI=1S/C3H7O5P.2Na/c1-2-8-9(6,7)3(4)5;;/h2H2,1H3,(H,4,5)(H,6,7);;/q;2*+1/p-1. The maximum atomic E-state index is 10.1. The fourth-order valence-electron chi connectivity index (χ4n) is 0.225. The van der Waals surface area contributed by atoms with Crippen molar-refractivity contribution in [3.05, 3.63) is 0 Å².